The summed E-state index contributed by atoms with van der Waals surface area (Å²) in [5.74, 6) is -0.698. The second-order valence-electron chi connectivity index (χ2n) is 3.65. The van der Waals surface area contributed by atoms with Gasteiger partial charge in [-0.3, -0.25) is 4.18 Å². The number of methoxy groups -OCH3 is 1. The van der Waals surface area contributed by atoms with E-state index >= 15 is 0 Å². The van der Waals surface area contributed by atoms with Gasteiger partial charge in [-0.15, -0.1) is 0 Å². The number of ether oxygens (including phenoxy) is 1. The van der Waals surface area contributed by atoms with Gasteiger partial charge in [0.2, 0.25) is 0 Å². The maximum Gasteiger partial charge on any atom is 0.417 e. The number of hydrogen-bond acceptors (Lipinski definition) is 7. The van der Waals surface area contributed by atoms with Gasteiger partial charge in [0.25, 0.3) is 0 Å². The lowest BCUT2D eigenvalue weighted by Crippen LogP contribution is -2.22. The van der Waals surface area contributed by atoms with E-state index in [0.717, 1.165) is 19.2 Å². The van der Waals surface area contributed by atoms with E-state index in [1.54, 1.807) is 0 Å². The predicted octanol–water partition coefficient (Wildman–Crippen LogP) is 0.291. The van der Waals surface area contributed by atoms with Crippen LogP contribution in [-0.2, 0) is 25.0 Å². The Labute approximate surface area is 117 Å². The molecule has 7 nitrogen and oxygen atoms in total. The second kappa shape index (κ2) is 5.93. The van der Waals surface area contributed by atoms with Crippen LogP contribution in [0.4, 0.5) is 13.2 Å². The smallest absolute Gasteiger partial charge is 0.417 e. The van der Waals surface area contributed by atoms with Gasteiger partial charge in [-0.1, -0.05) is 6.07 Å². The minimum absolute atomic E-state index is 0.451. The van der Waals surface area contributed by atoms with E-state index in [1.165, 1.54) is 0 Å². The molecule has 0 amide bonds. The first kappa shape index (κ1) is 17.9. The molecule has 12 heteroatoms. The van der Waals surface area contributed by atoms with E-state index in [0.29, 0.717) is 6.07 Å². The molecule has 120 valence electrons. The highest BCUT2D eigenvalue weighted by Crippen LogP contribution is 2.40. The standard InChI is InChI=1S/C9H10F3O7PS/c1-18-7-4-2-3-6(9(10,11)12)8(7)21(16,17)19-5-20(13,14)15/h2-4H,5H2,1H3,(H2,13,14,15)/p-2. The van der Waals surface area contributed by atoms with Crippen LogP contribution >= 0.6 is 7.60 Å². The fourth-order valence-electron chi connectivity index (χ4n) is 1.35. The van der Waals surface area contributed by atoms with Crippen LogP contribution in [0.3, 0.4) is 0 Å². The van der Waals surface area contributed by atoms with Crippen LogP contribution in [-0.4, -0.2) is 21.9 Å². The van der Waals surface area contributed by atoms with Gasteiger partial charge >= 0.3 is 16.3 Å². The third kappa shape index (κ3) is 4.68. The lowest BCUT2D eigenvalue weighted by atomic mass is 10.2. The van der Waals surface area contributed by atoms with Crippen molar-refractivity contribution in [3.05, 3.63) is 23.8 Å². The van der Waals surface area contributed by atoms with Crippen molar-refractivity contribution < 1.29 is 44.9 Å². The molecule has 0 N–H and O–H groups in total. The van der Waals surface area contributed by atoms with E-state index < -0.39 is 46.4 Å². The fraction of sp³-hybridized carbons (Fsp3) is 0.333. The summed E-state index contributed by atoms with van der Waals surface area (Å²) in [5, 5.41) is 0. The highest BCUT2D eigenvalue weighted by atomic mass is 32.2. The molecule has 0 saturated heterocycles. The molecular formula is C9H8F3O7PS-2. The summed E-state index contributed by atoms with van der Waals surface area (Å²) < 4.78 is 80.6. The molecule has 0 heterocycles. The molecular weight excluding hydrogens is 340 g/mol. The van der Waals surface area contributed by atoms with Crippen molar-refractivity contribution in [2.45, 2.75) is 11.1 Å². The summed E-state index contributed by atoms with van der Waals surface area (Å²) in [6.45, 7) is 0. The van der Waals surface area contributed by atoms with Gasteiger partial charge < -0.3 is 19.1 Å². The van der Waals surface area contributed by atoms with Crippen LogP contribution in [0, 0.1) is 0 Å². The Morgan fingerprint density at radius 2 is 1.86 bits per heavy atom. The molecule has 1 rings (SSSR count). The van der Waals surface area contributed by atoms with Crippen LogP contribution < -0.4 is 14.5 Å². The first-order chi connectivity index (χ1) is 9.38. The zero-order valence-electron chi connectivity index (χ0n) is 10.3. The molecule has 0 bridgehead atoms. The largest absolute Gasteiger partial charge is 0.809 e. The van der Waals surface area contributed by atoms with Crippen molar-refractivity contribution in [3.63, 3.8) is 0 Å². The van der Waals surface area contributed by atoms with Crippen molar-refractivity contribution in [3.8, 4) is 5.75 Å². The topological polar surface area (TPSA) is 116 Å². The molecule has 0 saturated carbocycles. The first-order valence-electron chi connectivity index (χ1n) is 5.03. The van der Waals surface area contributed by atoms with Gasteiger partial charge in [0.05, 0.1) is 19.0 Å². The molecule has 0 atom stereocenters. The SMILES string of the molecule is COc1cccc(C(F)(F)F)c1S(=O)(=O)OCP(=O)([O-])[O-]. The molecule has 1 aromatic rings. The third-order valence-electron chi connectivity index (χ3n) is 2.12. The lowest BCUT2D eigenvalue weighted by molar-refractivity contribution is -0.316. The van der Waals surface area contributed by atoms with Crippen molar-refractivity contribution in [1.82, 2.24) is 0 Å². The van der Waals surface area contributed by atoms with E-state index in [-0.39, 0.29) is 0 Å². The summed E-state index contributed by atoms with van der Waals surface area (Å²) in [5.41, 5.74) is -1.60. The Morgan fingerprint density at radius 3 is 2.29 bits per heavy atom. The molecule has 0 spiro atoms. The number of hydrogen-bond donors (Lipinski definition) is 0. The molecule has 0 fully saturated rings. The Bertz CT molecular complexity index is 664. The number of rotatable bonds is 5. The molecule has 0 aliphatic heterocycles. The third-order valence-corrected chi connectivity index (χ3v) is 4.09. The van der Waals surface area contributed by atoms with E-state index in [1.807, 2.05) is 0 Å². The fourth-order valence-corrected chi connectivity index (χ4v) is 3.39. The van der Waals surface area contributed by atoms with Crippen LogP contribution in [0.5, 0.6) is 5.75 Å². The minimum Gasteiger partial charge on any atom is -0.809 e. The van der Waals surface area contributed by atoms with Crippen molar-refractivity contribution in [1.29, 1.82) is 0 Å². The number of alkyl halides is 3. The van der Waals surface area contributed by atoms with Gasteiger partial charge in [-0.05, 0) is 19.7 Å². The van der Waals surface area contributed by atoms with Crippen molar-refractivity contribution in [2.75, 3.05) is 13.5 Å². The van der Waals surface area contributed by atoms with Crippen molar-refractivity contribution >= 4 is 17.7 Å². The van der Waals surface area contributed by atoms with Crippen LogP contribution in [0.25, 0.3) is 0 Å². The average molecular weight is 348 g/mol. The maximum atomic E-state index is 12.8. The Kier molecular flexibility index (Phi) is 5.06. The average Bonchev–Trinajstić information content (AvgIpc) is 2.33. The Hall–Kier alpha value is -1.13. The normalized spacial score (nSPS) is 13.2. The number of halogens is 3. The molecule has 0 unspecified atom stereocenters. The lowest BCUT2D eigenvalue weighted by Gasteiger charge is -2.28. The molecule has 21 heavy (non-hydrogen) atoms. The maximum absolute atomic E-state index is 12.8. The van der Waals surface area contributed by atoms with Gasteiger partial charge in [-0.2, -0.15) is 21.6 Å². The van der Waals surface area contributed by atoms with Crippen LogP contribution in [0.15, 0.2) is 23.1 Å². The Morgan fingerprint density at radius 1 is 1.29 bits per heavy atom. The summed E-state index contributed by atoms with van der Waals surface area (Å²) in [7, 11) is -9.64. The quantitative estimate of drug-likeness (QED) is 0.555. The molecule has 0 aliphatic carbocycles. The zero-order chi connectivity index (χ0) is 16.5. The van der Waals surface area contributed by atoms with Gasteiger partial charge in [0.15, 0.2) is 0 Å². The highest BCUT2D eigenvalue weighted by molar-refractivity contribution is 7.87. The van der Waals surface area contributed by atoms with E-state index in [2.05, 4.69) is 8.92 Å². The van der Waals surface area contributed by atoms with Crippen molar-refractivity contribution in [2.24, 2.45) is 0 Å². The monoisotopic (exact) mass is 348 g/mol. The van der Waals surface area contributed by atoms with Crippen LogP contribution in [0.1, 0.15) is 5.56 Å². The highest BCUT2D eigenvalue weighted by Gasteiger charge is 2.39. The zero-order valence-corrected chi connectivity index (χ0v) is 12.0. The second-order valence-corrected chi connectivity index (χ2v) is 6.68. The molecule has 0 aromatic heterocycles. The summed E-state index contributed by atoms with van der Waals surface area (Å²) in [4.78, 5) is 19.4. The number of benzene rings is 1. The van der Waals surface area contributed by atoms with Gasteiger partial charge in [0.1, 0.15) is 10.6 Å². The summed E-state index contributed by atoms with van der Waals surface area (Å²) >= 11 is 0. The van der Waals surface area contributed by atoms with Crippen LogP contribution in [0.2, 0.25) is 0 Å². The van der Waals surface area contributed by atoms with Gasteiger partial charge in [0, 0.05) is 0 Å². The minimum atomic E-state index is -5.39. The predicted molar refractivity (Wildman–Crippen MR) is 58.7 cm³/mol. The summed E-state index contributed by atoms with van der Waals surface area (Å²) in [6, 6.07) is 2.26. The molecule has 1 aromatic carbocycles. The van der Waals surface area contributed by atoms with E-state index in [9.17, 15) is 35.9 Å². The first-order valence-corrected chi connectivity index (χ1v) is 8.17. The van der Waals surface area contributed by atoms with E-state index in [4.69, 9.17) is 0 Å². The molecule has 0 aliphatic rings. The summed E-state index contributed by atoms with van der Waals surface area (Å²) in [6.07, 6.45) is -6.86. The molecule has 0 radical (unpaired) electrons. The Balaban J connectivity index is 3.43. The van der Waals surface area contributed by atoms with Gasteiger partial charge in [-0.25, -0.2) is 0 Å².